The molecule has 5 aromatic rings. The molecule has 6 rings (SSSR count). The van der Waals surface area contributed by atoms with E-state index in [2.05, 4.69) is 46.7 Å². The minimum atomic E-state index is -0.0681. The van der Waals surface area contributed by atoms with Crippen LogP contribution in [-0.4, -0.2) is 44.9 Å². The Labute approximate surface area is 262 Å². The number of amides is 1. The van der Waals surface area contributed by atoms with E-state index in [0.29, 0.717) is 35.1 Å². The highest BCUT2D eigenvalue weighted by atomic mass is 35.5. The maximum Gasteiger partial charge on any atom is 0.265 e. The summed E-state index contributed by atoms with van der Waals surface area (Å²) >= 11 is 8.22. The molecule has 1 amide bonds. The molecule has 8 heteroatoms. The van der Waals surface area contributed by atoms with Gasteiger partial charge < -0.3 is 9.47 Å². The number of carbonyl (C=O) groups is 1. The molecule has 0 bridgehead atoms. The first-order chi connectivity index (χ1) is 21.1. The van der Waals surface area contributed by atoms with Crippen LogP contribution in [0.2, 0.25) is 5.02 Å². The third kappa shape index (κ3) is 6.33. The molecule has 0 radical (unpaired) electrons. The van der Waals surface area contributed by atoms with Crippen LogP contribution >= 0.6 is 22.9 Å². The smallest absolute Gasteiger partial charge is 0.265 e. The summed E-state index contributed by atoms with van der Waals surface area (Å²) in [4.78, 5) is 24.1. The first-order valence-corrected chi connectivity index (χ1v) is 16.4. The molecule has 1 saturated heterocycles. The summed E-state index contributed by atoms with van der Waals surface area (Å²) in [6.07, 6.45) is 5.67. The Morgan fingerprint density at radius 1 is 1.02 bits per heavy atom. The van der Waals surface area contributed by atoms with E-state index in [9.17, 15) is 10.1 Å². The largest absolute Gasteiger partial charge is 0.330 e. The van der Waals surface area contributed by atoms with Crippen molar-refractivity contribution in [3.8, 4) is 6.07 Å². The number of rotatable bonds is 10. The average molecular weight is 610 g/mol. The van der Waals surface area contributed by atoms with Gasteiger partial charge in [-0.3, -0.25) is 9.69 Å². The van der Waals surface area contributed by atoms with Crippen LogP contribution in [0.3, 0.4) is 0 Å². The number of hydrogen-bond donors (Lipinski definition) is 0. The molecule has 0 spiro atoms. The van der Waals surface area contributed by atoms with E-state index < -0.39 is 0 Å². The summed E-state index contributed by atoms with van der Waals surface area (Å²) in [7, 11) is 0. The highest BCUT2D eigenvalue weighted by Crippen LogP contribution is 2.36. The molecule has 0 unspecified atom stereocenters. The predicted molar refractivity (Wildman–Crippen MR) is 176 cm³/mol. The lowest BCUT2D eigenvalue weighted by molar-refractivity contribution is 0.0740. The quantitative estimate of drug-likeness (QED) is 0.160. The predicted octanol–water partition coefficient (Wildman–Crippen LogP) is 8.25. The van der Waals surface area contributed by atoms with E-state index in [0.717, 1.165) is 59.4 Å². The van der Waals surface area contributed by atoms with Gasteiger partial charge in [0, 0.05) is 29.7 Å². The highest BCUT2D eigenvalue weighted by molar-refractivity contribution is 7.21. The number of benzene rings is 3. The van der Waals surface area contributed by atoms with E-state index >= 15 is 0 Å². The van der Waals surface area contributed by atoms with Gasteiger partial charge in [-0.25, -0.2) is 4.98 Å². The van der Waals surface area contributed by atoms with Gasteiger partial charge in [-0.1, -0.05) is 73.8 Å². The lowest BCUT2D eigenvalue weighted by Gasteiger charge is -2.27. The van der Waals surface area contributed by atoms with Crippen LogP contribution in [0.1, 0.15) is 71.2 Å². The molecule has 6 nitrogen and oxygen atoms in total. The molecule has 220 valence electrons. The summed E-state index contributed by atoms with van der Waals surface area (Å²) in [5, 5.41) is 11.0. The summed E-state index contributed by atoms with van der Waals surface area (Å²) in [6.45, 7) is 6.95. The molecule has 0 aliphatic carbocycles. The summed E-state index contributed by atoms with van der Waals surface area (Å²) in [5.74, 6) is 0.737. The van der Waals surface area contributed by atoms with Gasteiger partial charge in [0.2, 0.25) is 0 Å². The molecule has 3 heterocycles. The van der Waals surface area contributed by atoms with Crippen molar-refractivity contribution in [2.75, 3.05) is 19.6 Å². The Morgan fingerprint density at radius 3 is 2.51 bits per heavy atom. The molecule has 1 fully saturated rings. The van der Waals surface area contributed by atoms with Crippen molar-refractivity contribution in [2.24, 2.45) is 0 Å². The fraction of sp³-hybridized carbons (Fsp3) is 0.343. The van der Waals surface area contributed by atoms with Crippen molar-refractivity contribution < 1.29 is 4.79 Å². The van der Waals surface area contributed by atoms with Crippen LogP contribution in [0.15, 0.2) is 66.7 Å². The van der Waals surface area contributed by atoms with Gasteiger partial charge >= 0.3 is 0 Å². The third-order valence-electron chi connectivity index (χ3n) is 8.38. The number of unbranched alkanes of at least 4 members (excludes halogenated alkanes) is 1. The van der Waals surface area contributed by atoms with Crippen molar-refractivity contribution in [2.45, 2.75) is 58.7 Å². The van der Waals surface area contributed by atoms with Gasteiger partial charge in [0.25, 0.3) is 5.91 Å². The van der Waals surface area contributed by atoms with E-state index in [1.165, 1.54) is 41.7 Å². The molecule has 1 aliphatic rings. The molecular weight excluding hydrogens is 574 g/mol. The first kappa shape index (κ1) is 29.4. The van der Waals surface area contributed by atoms with Crippen LogP contribution in [0.25, 0.3) is 21.1 Å². The van der Waals surface area contributed by atoms with Gasteiger partial charge in [-0.15, -0.1) is 11.3 Å². The Hall–Kier alpha value is -3.70. The zero-order chi connectivity index (χ0) is 29.8. The molecule has 0 atom stereocenters. The van der Waals surface area contributed by atoms with E-state index in [4.69, 9.17) is 16.6 Å². The van der Waals surface area contributed by atoms with Crippen molar-refractivity contribution >= 4 is 50.0 Å². The van der Waals surface area contributed by atoms with E-state index in [-0.39, 0.29) is 5.91 Å². The van der Waals surface area contributed by atoms with Crippen LogP contribution in [0.5, 0.6) is 0 Å². The number of nitrogens with zero attached hydrogens (tertiary/aromatic N) is 5. The van der Waals surface area contributed by atoms with Crippen molar-refractivity contribution in [3.05, 3.63) is 99.1 Å². The Balaban J connectivity index is 1.37. The number of halogens is 1. The number of aromatic nitrogens is 2. The van der Waals surface area contributed by atoms with Gasteiger partial charge in [0.15, 0.2) is 0 Å². The number of fused-ring (bicyclic) bond motifs is 2. The maximum atomic E-state index is 14.1. The molecule has 43 heavy (non-hydrogen) atoms. The van der Waals surface area contributed by atoms with Crippen LogP contribution in [-0.2, 0) is 19.6 Å². The molecule has 0 saturated carbocycles. The minimum Gasteiger partial charge on any atom is -0.330 e. The fourth-order valence-electron chi connectivity index (χ4n) is 6.01. The SMILES string of the molecule is CCCCN(Cc1nc2cc(C#N)ccc2n1Cc1ccccc1CN1CCCCC1)C(=O)c1sc2ccccc2c1Cl. The fourth-order valence-corrected chi connectivity index (χ4v) is 7.49. The van der Waals surface area contributed by atoms with Gasteiger partial charge in [0.05, 0.1) is 34.2 Å². The van der Waals surface area contributed by atoms with E-state index in [1.54, 1.807) is 0 Å². The maximum absolute atomic E-state index is 14.1. The van der Waals surface area contributed by atoms with Crippen LogP contribution in [0.4, 0.5) is 0 Å². The van der Waals surface area contributed by atoms with E-state index in [1.807, 2.05) is 47.4 Å². The molecule has 3 aromatic carbocycles. The number of imidazole rings is 1. The topological polar surface area (TPSA) is 65.2 Å². The van der Waals surface area contributed by atoms with Gasteiger partial charge in [0.1, 0.15) is 10.7 Å². The second-order valence-electron chi connectivity index (χ2n) is 11.4. The Bertz CT molecular complexity index is 1800. The number of hydrogen-bond acceptors (Lipinski definition) is 5. The van der Waals surface area contributed by atoms with Crippen molar-refractivity contribution in [1.29, 1.82) is 5.26 Å². The van der Waals surface area contributed by atoms with Crippen molar-refractivity contribution in [1.82, 2.24) is 19.4 Å². The Kier molecular flexibility index (Phi) is 9.08. The molecule has 0 N–H and O–H groups in total. The number of carbonyl (C=O) groups excluding carboxylic acids is 1. The molecule has 1 aliphatic heterocycles. The number of likely N-dealkylation sites (tertiary alicyclic amines) is 1. The minimum absolute atomic E-state index is 0.0681. The third-order valence-corrected chi connectivity index (χ3v) is 10.0. The molecule has 2 aromatic heterocycles. The number of nitriles is 1. The average Bonchev–Trinajstić information content (AvgIpc) is 3.56. The normalized spacial score (nSPS) is 13.9. The summed E-state index contributed by atoms with van der Waals surface area (Å²) in [5.41, 5.74) is 4.87. The zero-order valence-corrected chi connectivity index (χ0v) is 26.1. The van der Waals surface area contributed by atoms with Gasteiger partial charge in [-0.05, 0) is 67.7 Å². The number of thiophene rings is 1. The van der Waals surface area contributed by atoms with Crippen LogP contribution in [0, 0.1) is 11.3 Å². The van der Waals surface area contributed by atoms with Crippen LogP contribution < -0.4 is 0 Å². The monoisotopic (exact) mass is 609 g/mol. The van der Waals surface area contributed by atoms with Crippen molar-refractivity contribution in [3.63, 3.8) is 0 Å². The number of piperidine rings is 1. The lowest BCUT2D eigenvalue weighted by Crippen LogP contribution is -2.32. The zero-order valence-electron chi connectivity index (χ0n) is 24.6. The first-order valence-electron chi connectivity index (χ1n) is 15.2. The Morgan fingerprint density at radius 2 is 1.77 bits per heavy atom. The highest BCUT2D eigenvalue weighted by Gasteiger charge is 2.25. The van der Waals surface area contributed by atoms with Gasteiger partial charge in [-0.2, -0.15) is 5.26 Å². The summed E-state index contributed by atoms with van der Waals surface area (Å²) < 4.78 is 3.23. The lowest BCUT2D eigenvalue weighted by atomic mass is 10.0. The standard InChI is InChI=1S/C35H36ClN5OS/c1-2-3-19-40(35(42)34-33(36)28-13-7-8-14-31(28)43-34)24-32-38-29-20-25(21-37)15-16-30(29)41(32)23-27-12-6-5-11-26(27)22-39-17-9-4-10-18-39/h5-8,11-16,20H,2-4,9-10,17-19,22-24H2,1H3. The summed E-state index contributed by atoms with van der Waals surface area (Å²) in [6, 6.07) is 24.5. The second kappa shape index (κ2) is 13.3. The molecular formula is C35H36ClN5OS. The second-order valence-corrected chi connectivity index (χ2v) is 12.8.